The first-order valence-electron chi connectivity index (χ1n) is 6.59. The van der Waals surface area contributed by atoms with Crippen LogP contribution in [0.5, 0.6) is 11.5 Å². The van der Waals surface area contributed by atoms with Crippen LogP contribution in [0.1, 0.15) is 12.5 Å². The van der Waals surface area contributed by atoms with Crippen molar-refractivity contribution in [1.82, 2.24) is 0 Å². The van der Waals surface area contributed by atoms with Crippen LogP contribution in [0.15, 0.2) is 36.4 Å². The SMILES string of the molecule is Cc1ccc(Cl)c(OC(C)C(=O)Nc2cc(Cl)ccc2O)c1. The summed E-state index contributed by atoms with van der Waals surface area (Å²) in [4.78, 5) is 12.1. The predicted octanol–water partition coefficient (Wildman–Crippen LogP) is 4.41. The fourth-order valence-electron chi connectivity index (χ4n) is 1.79. The second-order valence-electron chi connectivity index (χ2n) is 4.84. The van der Waals surface area contributed by atoms with E-state index in [1.54, 1.807) is 19.1 Å². The molecule has 0 bridgehead atoms. The minimum atomic E-state index is -0.794. The third-order valence-corrected chi connectivity index (χ3v) is 3.52. The lowest BCUT2D eigenvalue weighted by Gasteiger charge is -2.16. The molecule has 0 spiro atoms. The average molecular weight is 340 g/mol. The number of anilines is 1. The van der Waals surface area contributed by atoms with Gasteiger partial charge in [0.25, 0.3) is 5.91 Å². The van der Waals surface area contributed by atoms with Gasteiger partial charge in [-0.25, -0.2) is 0 Å². The zero-order valence-corrected chi connectivity index (χ0v) is 13.6. The number of hydrogen-bond acceptors (Lipinski definition) is 3. The van der Waals surface area contributed by atoms with Crippen LogP contribution in [0, 0.1) is 6.92 Å². The summed E-state index contributed by atoms with van der Waals surface area (Å²) in [5, 5.41) is 13.1. The van der Waals surface area contributed by atoms with Crippen molar-refractivity contribution in [2.75, 3.05) is 5.32 Å². The quantitative estimate of drug-likeness (QED) is 0.811. The number of phenols is 1. The molecule has 0 fully saturated rings. The lowest BCUT2D eigenvalue weighted by molar-refractivity contribution is -0.122. The largest absolute Gasteiger partial charge is 0.506 e. The summed E-state index contributed by atoms with van der Waals surface area (Å²) in [7, 11) is 0. The average Bonchev–Trinajstić information content (AvgIpc) is 2.46. The van der Waals surface area contributed by atoms with E-state index >= 15 is 0 Å². The molecular weight excluding hydrogens is 325 g/mol. The Morgan fingerprint density at radius 2 is 1.95 bits per heavy atom. The highest BCUT2D eigenvalue weighted by Crippen LogP contribution is 2.28. The van der Waals surface area contributed by atoms with Gasteiger partial charge in [0, 0.05) is 5.02 Å². The van der Waals surface area contributed by atoms with E-state index in [4.69, 9.17) is 27.9 Å². The smallest absolute Gasteiger partial charge is 0.265 e. The number of rotatable bonds is 4. The van der Waals surface area contributed by atoms with Crippen LogP contribution in [-0.2, 0) is 4.79 Å². The molecule has 2 aromatic rings. The first-order chi connectivity index (χ1) is 10.4. The molecule has 1 unspecified atom stereocenters. The molecule has 2 aromatic carbocycles. The summed E-state index contributed by atoms with van der Waals surface area (Å²) in [5.74, 6) is -0.0617. The van der Waals surface area contributed by atoms with Crippen molar-refractivity contribution in [1.29, 1.82) is 0 Å². The third kappa shape index (κ3) is 4.06. The molecule has 22 heavy (non-hydrogen) atoms. The molecule has 2 rings (SSSR count). The topological polar surface area (TPSA) is 58.6 Å². The number of hydrogen-bond donors (Lipinski definition) is 2. The number of phenolic OH excluding ortho intramolecular Hbond substituents is 1. The van der Waals surface area contributed by atoms with E-state index in [2.05, 4.69) is 5.32 Å². The molecule has 0 radical (unpaired) electrons. The molecule has 0 aliphatic rings. The maximum absolute atomic E-state index is 12.1. The summed E-state index contributed by atoms with van der Waals surface area (Å²) in [6, 6.07) is 9.70. The van der Waals surface area contributed by atoms with E-state index in [0.717, 1.165) is 5.56 Å². The van der Waals surface area contributed by atoms with Crippen LogP contribution in [-0.4, -0.2) is 17.1 Å². The fraction of sp³-hybridized carbons (Fsp3) is 0.188. The lowest BCUT2D eigenvalue weighted by Crippen LogP contribution is -2.30. The second-order valence-corrected chi connectivity index (χ2v) is 5.69. The van der Waals surface area contributed by atoms with Crippen molar-refractivity contribution in [3.63, 3.8) is 0 Å². The minimum Gasteiger partial charge on any atom is -0.506 e. The third-order valence-electron chi connectivity index (χ3n) is 2.98. The van der Waals surface area contributed by atoms with Gasteiger partial charge in [-0.15, -0.1) is 0 Å². The van der Waals surface area contributed by atoms with E-state index in [0.29, 0.717) is 15.8 Å². The van der Waals surface area contributed by atoms with Crippen LogP contribution >= 0.6 is 23.2 Å². The van der Waals surface area contributed by atoms with Gasteiger partial charge in [-0.1, -0.05) is 29.3 Å². The van der Waals surface area contributed by atoms with Gasteiger partial charge in [-0.2, -0.15) is 0 Å². The van der Waals surface area contributed by atoms with E-state index in [-0.39, 0.29) is 11.4 Å². The van der Waals surface area contributed by atoms with E-state index in [1.165, 1.54) is 18.2 Å². The molecule has 4 nitrogen and oxygen atoms in total. The van der Waals surface area contributed by atoms with Crippen molar-refractivity contribution >= 4 is 34.8 Å². The maximum atomic E-state index is 12.1. The van der Waals surface area contributed by atoms with E-state index < -0.39 is 12.0 Å². The van der Waals surface area contributed by atoms with Crippen LogP contribution in [0.3, 0.4) is 0 Å². The van der Waals surface area contributed by atoms with Crippen molar-refractivity contribution in [3.05, 3.63) is 52.0 Å². The van der Waals surface area contributed by atoms with Gasteiger partial charge < -0.3 is 15.2 Å². The number of ether oxygens (including phenoxy) is 1. The Labute approximate surface area is 138 Å². The molecule has 0 saturated heterocycles. The number of amides is 1. The number of nitrogens with one attached hydrogen (secondary N) is 1. The molecule has 0 aliphatic carbocycles. The zero-order chi connectivity index (χ0) is 16.3. The number of aromatic hydroxyl groups is 1. The van der Waals surface area contributed by atoms with Crippen molar-refractivity contribution in [2.45, 2.75) is 20.0 Å². The first kappa shape index (κ1) is 16.5. The van der Waals surface area contributed by atoms with Crippen LogP contribution < -0.4 is 10.1 Å². The van der Waals surface area contributed by atoms with Crippen molar-refractivity contribution in [2.24, 2.45) is 0 Å². The number of carbonyl (C=O) groups is 1. The highest BCUT2D eigenvalue weighted by atomic mass is 35.5. The number of halogens is 2. The zero-order valence-electron chi connectivity index (χ0n) is 12.1. The monoisotopic (exact) mass is 339 g/mol. The van der Waals surface area contributed by atoms with Gasteiger partial charge >= 0.3 is 0 Å². The Morgan fingerprint density at radius 3 is 2.68 bits per heavy atom. The van der Waals surface area contributed by atoms with Crippen LogP contribution in [0.25, 0.3) is 0 Å². The Kier molecular flexibility index (Phi) is 5.16. The standard InChI is InChI=1S/C16H15Cl2NO3/c1-9-3-5-12(18)15(7-9)22-10(2)16(21)19-13-8-11(17)4-6-14(13)20/h3-8,10,20H,1-2H3,(H,19,21). The van der Waals surface area contributed by atoms with Gasteiger partial charge in [-0.05, 0) is 49.7 Å². The lowest BCUT2D eigenvalue weighted by atomic mass is 10.2. The number of carbonyl (C=O) groups excluding carboxylic acids is 1. The molecule has 116 valence electrons. The van der Waals surface area contributed by atoms with Crippen molar-refractivity contribution < 1.29 is 14.6 Å². The predicted molar refractivity (Wildman–Crippen MR) is 88.0 cm³/mol. The summed E-state index contributed by atoms with van der Waals surface area (Å²) in [5.41, 5.74) is 1.20. The van der Waals surface area contributed by atoms with Gasteiger partial charge in [-0.3, -0.25) is 4.79 Å². The molecule has 1 amide bonds. The molecule has 0 aromatic heterocycles. The number of aryl methyl sites for hydroxylation is 1. The first-order valence-corrected chi connectivity index (χ1v) is 7.34. The van der Waals surface area contributed by atoms with Gasteiger partial charge in [0.05, 0.1) is 10.7 Å². The van der Waals surface area contributed by atoms with Crippen LogP contribution in [0.4, 0.5) is 5.69 Å². The number of benzene rings is 2. The highest BCUT2D eigenvalue weighted by molar-refractivity contribution is 6.32. The highest BCUT2D eigenvalue weighted by Gasteiger charge is 2.18. The summed E-state index contributed by atoms with van der Waals surface area (Å²) < 4.78 is 5.57. The molecular formula is C16H15Cl2NO3. The molecule has 1 atom stereocenters. The molecule has 2 N–H and O–H groups in total. The molecule has 0 aliphatic heterocycles. The normalized spacial score (nSPS) is 11.8. The molecule has 0 saturated carbocycles. The Morgan fingerprint density at radius 1 is 1.23 bits per heavy atom. The fourth-order valence-corrected chi connectivity index (χ4v) is 2.12. The van der Waals surface area contributed by atoms with Gasteiger partial charge in [0.1, 0.15) is 11.5 Å². The molecule has 0 heterocycles. The Hall–Kier alpha value is -1.91. The minimum absolute atomic E-state index is 0.0708. The van der Waals surface area contributed by atoms with Gasteiger partial charge in [0.2, 0.25) is 0 Å². The summed E-state index contributed by atoms with van der Waals surface area (Å²) >= 11 is 11.9. The molecule has 6 heteroatoms. The summed E-state index contributed by atoms with van der Waals surface area (Å²) in [6.45, 7) is 3.49. The maximum Gasteiger partial charge on any atom is 0.265 e. The van der Waals surface area contributed by atoms with E-state index in [9.17, 15) is 9.90 Å². The van der Waals surface area contributed by atoms with E-state index in [1.807, 2.05) is 13.0 Å². The summed E-state index contributed by atoms with van der Waals surface area (Å²) in [6.07, 6.45) is -0.794. The van der Waals surface area contributed by atoms with Crippen molar-refractivity contribution in [3.8, 4) is 11.5 Å². The Bertz CT molecular complexity index is 704. The Balaban J connectivity index is 2.09. The second kappa shape index (κ2) is 6.90. The van der Waals surface area contributed by atoms with Crippen LogP contribution in [0.2, 0.25) is 10.0 Å². The van der Waals surface area contributed by atoms with Gasteiger partial charge in [0.15, 0.2) is 6.10 Å².